The van der Waals surface area contributed by atoms with Crippen molar-refractivity contribution in [2.24, 2.45) is 0 Å². The summed E-state index contributed by atoms with van der Waals surface area (Å²) in [4.78, 5) is 14.4. The van der Waals surface area contributed by atoms with Gasteiger partial charge in [-0.2, -0.15) is 0 Å². The van der Waals surface area contributed by atoms with Crippen LogP contribution in [0.1, 0.15) is 29.3 Å². The number of carbonyl (C=O) groups excluding carboxylic acids is 1. The van der Waals surface area contributed by atoms with Crippen molar-refractivity contribution >= 4 is 21.8 Å². The number of aryl methyl sites for hydroxylation is 1. The van der Waals surface area contributed by atoms with E-state index in [-0.39, 0.29) is 12.0 Å². The van der Waals surface area contributed by atoms with Crippen molar-refractivity contribution in [3.8, 4) is 0 Å². The third kappa shape index (κ3) is 3.12. The summed E-state index contributed by atoms with van der Waals surface area (Å²) in [6.07, 6.45) is 1.01. The Morgan fingerprint density at radius 1 is 1.50 bits per heavy atom. The van der Waals surface area contributed by atoms with Crippen molar-refractivity contribution in [3.05, 3.63) is 33.8 Å². The normalized spacial score (nSPS) is 20.6. The summed E-state index contributed by atoms with van der Waals surface area (Å²) in [5.74, 6) is 0.0860. The summed E-state index contributed by atoms with van der Waals surface area (Å²) in [7, 11) is 0. The lowest BCUT2D eigenvalue weighted by Gasteiger charge is -2.22. The fraction of sp³-hybridized carbons (Fsp3) is 0.500. The second-order valence-corrected chi connectivity index (χ2v) is 5.62. The van der Waals surface area contributed by atoms with Crippen LogP contribution in [0.3, 0.4) is 0 Å². The van der Waals surface area contributed by atoms with Gasteiger partial charge in [-0.3, -0.25) is 4.79 Å². The highest BCUT2D eigenvalue weighted by Gasteiger charge is 2.22. The zero-order chi connectivity index (χ0) is 13.1. The average molecular weight is 312 g/mol. The van der Waals surface area contributed by atoms with Gasteiger partial charge in [0.15, 0.2) is 0 Å². The van der Waals surface area contributed by atoms with Crippen molar-refractivity contribution in [1.29, 1.82) is 0 Å². The van der Waals surface area contributed by atoms with Crippen LogP contribution in [-0.2, 0) is 4.74 Å². The van der Waals surface area contributed by atoms with E-state index < -0.39 is 0 Å². The second kappa shape index (κ2) is 5.85. The minimum absolute atomic E-state index is 0.0860. The lowest BCUT2D eigenvalue weighted by atomic mass is 10.1. The van der Waals surface area contributed by atoms with E-state index in [4.69, 9.17) is 4.74 Å². The summed E-state index contributed by atoms with van der Waals surface area (Å²) < 4.78 is 6.42. The summed E-state index contributed by atoms with van der Waals surface area (Å²) in [6, 6.07) is 5.86. The van der Waals surface area contributed by atoms with Crippen LogP contribution in [0.2, 0.25) is 0 Å². The van der Waals surface area contributed by atoms with Crippen molar-refractivity contribution in [3.63, 3.8) is 0 Å². The van der Waals surface area contributed by atoms with E-state index in [9.17, 15) is 4.79 Å². The van der Waals surface area contributed by atoms with E-state index in [1.165, 1.54) is 0 Å². The molecule has 1 fully saturated rings. The van der Waals surface area contributed by atoms with Gasteiger partial charge in [-0.1, -0.05) is 11.6 Å². The van der Waals surface area contributed by atoms with Gasteiger partial charge in [0.1, 0.15) is 0 Å². The summed E-state index contributed by atoms with van der Waals surface area (Å²) in [5, 5.41) is 0. The van der Waals surface area contributed by atoms with Crippen molar-refractivity contribution in [2.75, 3.05) is 19.7 Å². The molecule has 1 unspecified atom stereocenters. The van der Waals surface area contributed by atoms with Crippen molar-refractivity contribution in [2.45, 2.75) is 26.4 Å². The molecule has 1 amide bonds. The first-order valence-electron chi connectivity index (χ1n) is 6.25. The van der Waals surface area contributed by atoms with Crippen LogP contribution in [0.25, 0.3) is 0 Å². The summed E-state index contributed by atoms with van der Waals surface area (Å²) in [5.41, 5.74) is 1.84. The first-order valence-corrected chi connectivity index (χ1v) is 7.04. The third-order valence-electron chi connectivity index (χ3n) is 3.09. The number of ether oxygens (including phenoxy) is 1. The molecule has 98 valence electrons. The van der Waals surface area contributed by atoms with Crippen LogP contribution in [0.15, 0.2) is 22.7 Å². The summed E-state index contributed by atoms with van der Waals surface area (Å²) >= 11 is 3.45. The van der Waals surface area contributed by atoms with Gasteiger partial charge in [0.05, 0.1) is 11.7 Å². The molecule has 0 bridgehead atoms. The van der Waals surface area contributed by atoms with Gasteiger partial charge in [-0.25, -0.2) is 0 Å². The first kappa shape index (κ1) is 13.6. The Bertz CT molecular complexity index is 447. The molecule has 0 radical (unpaired) electrons. The Kier molecular flexibility index (Phi) is 4.40. The molecule has 1 aromatic rings. The molecular formula is C14H18BrNO2. The number of hydrogen-bond acceptors (Lipinski definition) is 2. The molecule has 0 spiro atoms. The van der Waals surface area contributed by atoms with Crippen LogP contribution >= 0.6 is 15.9 Å². The molecule has 0 saturated carbocycles. The zero-order valence-corrected chi connectivity index (χ0v) is 12.4. The number of nitrogens with zero attached hydrogens (tertiary/aromatic N) is 1. The molecular weight excluding hydrogens is 294 g/mol. The highest BCUT2D eigenvalue weighted by atomic mass is 79.9. The quantitative estimate of drug-likeness (QED) is 0.798. The van der Waals surface area contributed by atoms with Crippen molar-refractivity contribution in [1.82, 2.24) is 4.90 Å². The fourth-order valence-corrected chi connectivity index (χ4v) is 2.57. The molecule has 4 heteroatoms. The first-order chi connectivity index (χ1) is 8.58. The smallest absolute Gasteiger partial charge is 0.255 e. The molecule has 0 aliphatic carbocycles. The van der Waals surface area contributed by atoms with E-state index >= 15 is 0 Å². The average Bonchev–Trinajstić information content (AvgIpc) is 2.56. The molecule has 2 rings (SSSR count). The number of hydrogen-bond donors (Lipinski definition) is 0. The van der Waals surface area contributed by atoms with Gasteiger partial charge >= 0.3 is 0 Å². The van der Waals surface area contributed by atoms with Gasteiger partial charge in [-0.15, -0.1) is 0 Å². The lowest BCUT2D eigenvalue weighted by molar-refractivity contribution is 0.0562. The Labute approximate surface area is 116 Å². The predicted molar refractivity (Wildman–Crippen MR) is 74.8 cm³/mol. The lowest BCUT2D eigenvalue weighted by Crippen LogP contribution is -2.36. The second-order valence-electron chi connectivity index (χ2n) is 4.77. The standard InChI is InChI=1S/C14H18BrNO2/c1-10-4-5-13(15)12(8-10)14(17)16-6-3-7-18-11(2)9-16/h4-5,8,11H,3,6-7,9H2,1-2H3. The summed E-state index contributed by atoms with van der Waals surface area (Å²) in [6.45, 7) is 6.18. The van der Waals surface area contributed by atoms with Crippen LogP contribution in [0.4, 0.5) is 0 Å². The number of carbonyl (C=O) groups is 1. The van der Waals surface area contributed by atoms with Gasteiger partial charge in [-0.05, 0) is 48.3 Å². The van der Waals surface area contributed by atoms with Gasteiger partial charge < -0.3 is 9.64 Å². The SMILES string of the molecule is Cc1ccc(Br)c(C(=O)N2CCCOC(C)C2)c1. The Balaban J connectivity index is 2.21. The van der Waals surface area contributed by atoms with Gasteiger partial charge in [0.25, 0.3) is 5.91 Å². The maximum atomic E-state index is 12.5. The monoisotopic (exact) mass is 311 g/mol. The van der Waals surface area contributed by atoms with Gasteiger partial charge in [0, 0.05) is 24.2 Å². The van der Waals surface area contributed by atoms with Crippen LogP contribution in [0, 0.1) is 6.92 Å². The van der Waals surface area contributed by atoms with E-state index in [0.717, 1.165) is 35.2 Å². The van der Waals surface area contributed by atoms with E-state index in [2.05, 4.69) is 15.9 Å². The molecule has 1 aromatic carbocycles. The van der Waals surface area contributed by atoms with E-state index in [1.54, 1.807) is 0 Å². The minimum Gasteiger partial charge on any atom is -0.377 e. The largest absolute Gasteiger partial charge is 0.377 e. The molecule has 0 aromatic heterocycles. The van der Waals surface area contributed by atoms with E-state index in [1.807, 2.05) is 36.9 Å². The molecule has 1 heterocycles. The number of rotatable bonds is 1. The molecule has 0 N–H and O–H groups in total. The zero-order valence-electron chi connectivity index (χ0n) is 10.8. The molecule has 3 nitrogen and oxygen atoms in total. The Hall–Kier alpha value is -0.870. The number of halogens is 1. The third-order valence-corrected chi connectivity index (χ3v) is 3.78. The van der Waals surface area contributed by atoms with Crippen LogP contribution in [0.5, 0.6) is 0 Å². The van der Waals surface area contributed by atoms with Gasteiger partial charge in [0.2, 0.25) is 0 Å². The number of amides is 1. The Morgan fingerprint density at radius 3 is 3.06 bits per heavy atom. The molecule has 1 aliphatic rings. The Morgan fingerprint density at radius 2 is 2.28 bits per heavy atom. The number of benzene rings is 1. The maximum Gasteiger partial charge on any atom is 0.255 e. The minimum atomic E-state index is 0.0860. The topological polar surface area (TPSA) is 29.5 Å². The van der Waals surface area contributed by atoms with Crippen LogP contribution < -0.4 is 0 Å². The highest BCUT2D eigenvalue weighted by Crippen LogP contribution is 2.21. The molecule has 18 heavy (non-hydrogen) atoms. The maximum absolute atomic E-state index is 12.5. The highest BCUT2D eigenvalue weighted by molar-refractivity contribution is 9.10. The van der Waals surface area contributed by atoms with Crippen LogP contribution in [-0.4, -0.2) is 36.6 Å². The fourth-order valence-electron chi connectivity index (χ4n) is 2.15. The predicted octanol–water partition coefficient (Wildman–Crippen LogP) is 3.01. The molecule has 1 aliphatic heterocycles. The molecule has 1 saturated heterocycles. The molecule has 1 atom stereocenters. The van der Waals surface area contributed by atoms with Crippen molar-refractivity contribution < 1.29 is 9.53 Å². The van der Waals surface area contributed by atoms with E-state index in [0.29, 0.717) is 6.54 Å².